The number of hydrogen-bond donors (Lipinski definition) is 0. The molecule has 0 N–H and O–H groups in total. The van der Waals surface area contributed by atoms with Gasteiger partial charge in [-0.15, -0.1) is 0 Å². The average molecular weight is 792 g/mol. The maximum absolute atomic E-state index is 14.7. The fraction of sp³-hybridized carbons (Fsp3) is 0.647. The first-order chi connectivity index (χ1) is 27.8. The molecule has 6 aliphatic rings. The van der Waals surface area contributed by atoms with Gasteiger partial charge in [0.15, 0.2) is 0 Å². The van der Waals surface area contributed by atoms with Crippen molar-refractivity contribution in [3.8, 4) is 0 Å². The molecule has 5 fully saturated rings. The lowest BCUT2D eigenvalue weighted by molar-refractivity contribution is -0.229. The molecule has 0 aromatic heterocycles. The van der Waals surface area contributed by atoms with Crippen LogP contribution in [-0.2, 0) is 30.3 Å². The molecule has 0 unspecified atom stereocenters. The molecular weight excluding hydrogens is 723 g/mol. The van der Waals surface area contributed by atoms with Gasteiger partial charge in [-0.3, -0.25) is 9.69 Å². The molecule has 0 amide bonds. The van der Waals surface area contributed by atoms with Crippen molar-refractivity contribution in [2.24, 2.45) is 56.7 Å². The molecular formula is C51H69NO6. The lowest BCUT2D eigenvalue weighted by Crippen LogP contribution is -2.66. The van der Waals surface area contributed by atoms with E-state index in [1.54, 1.807) is 0 Å². The number of allylic oxidation sites excluding steroid dienone is 2. The third kappa shape index (κ3) is 6.83. The summed E-state index contributed by atoms with van der Waals surface area (Å²) in [6.07, 6.45) is 12.2. The van der Waals surface area contributed by atoms with Gasteiger partial charge in [-0.2, -0.15) is 0 Å². The van der Waals surface area contributed by atoms with Gasteiger partial charge < -0.3 is 18.9 Å². The van der Waals surface area contributed by atoms with Crippen molar-refractivity contribution in [3.63, 3.8) is 0 Å². The highest BCUT2D eigenvalue weighted by molar-refractivity contribution is 5.90. The number of rotatable bonds is 11. The fourth-order valence-corrected chi connectivity index (χ4v) is 14.6. The minimum Gasteiger partial charge on any atom is -0.465 e. The molecule has 1 aliphatic heterocycles. The van der Waals surface area contributed by atoms with Crippen molar-refractivity contribution < 1.29 is 28.5 Å². The van der Waals surface area contributed by atoms with Crippen molar-refractivity contribution in [2.45, 2.75) is 99.0 Å². The average Bonchev–Trinajstić information content (AvgIpc) is 3.63. The number of benzene rings is 2. The smallest absolute Gasteiger partial charge is 0.337 e. The predicted molar refractivity (Wildman–Crippen MR) is 229 cm³/mol. The summed E-state index contributed by atoms with van der Waals surface area (Å²) in [5.41, 5.74) is 5.32. The Bertz CT molecular complexity index is 1860. The number of fused-ring (bicyclic) bond motifs is 7. The second-order valence-corrected chi connectivity index (χ2v) is 20.3. The number of carbonyl (C=O) groups is 2. The summed E-state index contributed by atoms with van der Waals surface area (Å²) < 4.78 is 23.3. The Morgan fingerprint density at radius 2 is 1.59 bits per heavy atom. The Hall–Kier alpha value is -3.26. The SMILES string of the molecule is C=C(COCCN1CCOCC1)[C@@H]1CC[C@]2(C(=O)OCc3ccccc3)CC[C@]3(C)[C@H](CC[C@@H]4[C@@]5(C)CC=C(c6ccc(C(=O)OC)cc6)C(C)(C)[C@@H]5CC[C@]43C)[C@@H]12. The van der Waals surface area contributed by atoms with Crippen LogP contribution in [0.25, 0.3) is 5.57 Å². The van der Waals surface area contributed by atoms with E-state index in [2.05, 4.69) is 69.9 Å². The van der Waals surface area contributed by atoms with Gasteiger partial charge in [-0.25, -0.2) is 4.79 Å². The molecule has 2 aromatic rings. The van der Waals surface area contributed by atoms with Crippen LogP contribution in [0.1, 0.15) is 114 Å². The zero-order chi connectivity index (χ0) is 40.9. The Balaban J connectivity index is 1.06. The zero-order valence-corrected chi connectivity index (χ0v) is 36.3. The number of hydrogen-bond acceptors (Lipinski definition) is 7. The number of carbonyl (C=O) groups excluding carboxylic acids is 2. The van der Waals surface area contributed by atoms with E-state index in [9.17, 15) is 9.59 Å². The standard InChI is InChI=1S/C51H69NO6/c1-35(33-57-32-29-52-27-30-56-31-28-52)39-19-24-51(46(54)58-34-36-11-9-8-10-12-36)26-25-49(5)41(44(39)51)17-18-43-48(4)22-20-40(37-13-15-38(16-14-37)45(53)55-7)47(2,3)42(48)21-23-50(43,49)6/h8-16,20,39,41-44H,1,17-19,21-34H2,2-7H3/t39-,41+,42-,43+,44+,48-,49+,50+,51-/m0/s1. The number of ether oxygens (including phenoxy) is 4. The first-order valence-corrected chi connectivity index (χ1v) is 22.4. The van der Waals surface area contributed by atoms with Crippen molar-refractivity contribution >= 4 is 17.5 Å². The topological polar surface area (TPSA) is 74.3 Å². The summed E-state index contributed by atoms with van der Waals surface area (Å²) in [4.78, 5) is 29.4. The van der Waals surface area contributed by atoms with Crippen LogP contribution in [0.15, 0.2) is 72.8 Å². The van der Waals surface area contributed by atoms with Gasteiger partial charge in [0.1, 0.15) is 6.61 Å². The monoisotopic (exact) mass is 792 g/mol. The maximum atomic E-state index is 14.7. The van der Waals surface area contributed by atoms with Crippen LogP contribution in [-0.4, -0.2) is 70.0 Å². The van der Waals surface area contributed by atoms with Gasteiger partial charge in [0, 0.05) is 19.6 Å². The molecule has 7 heteroatoms. The first kappa shape index (κ1) is 41.5. The first-order valence-electron chi connectivity index (χ1n) is 22.4. The highest BCUT2D eigenvalue weighted by Gasteiger charge is 2.72. The van der Waals surface area contributed by atoms with Crippen molar-refractivity contribution in [1.29, 1.82) is 0 Å². The third-order valence-electron chi connectivity index (χ3n) is 17.7. The quantitative estimate of drug-likeness (QED) is 0.127. The van der Waals surface area contributed by atoms with Crippen LogP contribution in [0.5, 0.6) is 0 Å². The molecule has 9 atom stereocenters. The minimum atomic E-state index is -0.488. The van der Waals surface area contributed by atoms with Gasteiger partial charge in [0.25, 0.3) is 0 Å². The second kappa shape index (κ2) is 16.0. The Labute approximate surface area is 348 Å². The van der Waals surface area contributed by atoms with Crippen LogP contribution in [0.2, 0.25) is 0 Å². The molecule has 314 valence electrons. The number of morpholine rings is 1. The zero-order valence-electron chi connectivity index (χ0n) is 36.3. The number of nitrogens with zero attached hydrogens (tertiary/aromatic N) is 1. The number of esters is 2. The summed E-state index contributed by atoms with van der Waals surface area (Å²) >= 11 is 0. The molecule has 8 rings (SSSR count). The summed E-state index contributed by atoms with van der Waals surface area (Å²) in [6, 6.07) is 18.2. The van der Waals surface area contributed by atoms with Crippen molar-refractivity contribution in [1.82, 2.24) is 4.90 Å². The van der Waals surface area contributed by atoms with Gasteiger partial charge in [0.2, 0.25) is 0 Å². The highest BCUT2D eigenvalue weighted by atomic mass is 16.5. The fourth-order valence-electron chi connectivity index (χ4n) is 14.6. The lowest BCUT2D eigenvalue weighted by atomic mass is 9.32. The van der Waals surface area contributed by atoms with Gasteiger partial charge in [-0.05, 0) is 143 Å². The maximum Gasteiger partial charge on any atom is 0.337 e. The van der Waals surface area contributed by atoms with E-state index in [-0.39, 0.29) is 45.4 Å². The van der Waals surface area contributed by atoms with Crippen LogP contribution in [0.4, 0.5) is 0 Å². The van der Waals surface area contributed by atoms with Gasteiger partial charge >= 0.3 is 11.9 Å². The molecule has 2 aromatic carbocycles. The van der Waals surface area contributed by atoms with E-state index >= 15 is 0 Å². The minimum absolute atomic E-state index is 0.0147. The molecule has 1 heterocycles. The van der Waals surface area contributed by atoms with Crippen LogP contribution in [0, 0.1) is 56.7 Å². The summed E-state index contributed by atoms with van der Waals surface area (Å²) in [7, 11) is 1.44. The van der Waals surface area contributed by atoms with Crippen molar-refractivity contribution in [2.75, 3.05) is 53.2 Å². The molecule has 0 bridgehead atoms. The van der Waals surface area contributed by atoms with E-state index in [1.165, 1.54) is 43.1 Å². The van der Waals surface area contributed by atoms with Gasteiger partial charge in [-0.1, -0.05) is 89.7 Å². The Kier molecular flexibility index (Phi) is 11.4. The second-order valence-electron chi connectivity index (χ2n) is 20.3. The van der Waals surface area contributed by atoms with Crippen molar-refractivity contribution in [3.05, 3.63) is 89.5 Å². The predicted octanol–water partition coefficient (Wildman–Crippen LogP) is 10.2. The molecule has 1 saturated heterocycles. The highest BCUT2D eigenvalue weighted by Crippen LogP contribution is 2.78. The van der Waals surface area contributed by atoms with E-state index in [0.717, 1.165) is 76.9 Å². The normalized spacial score (nSPS) is 36.7. The molecule has 4 saturated carbocycles. The van der Waals surface area contributed by atoms with E-state index in [4.69, 9.17) is 25.5 Å². The van der Waals surface area contributed by atoms with Gasteiger partial charge in [0.05, 0.1) is 44.5 Å². The molecule has 5 aliphatic carbocycles. The lowest BCUT2D eigenvalue weighted by Gasteiger charge is -2.72. The summed E-state index contributed by atoms with van der Waals surface area (Å²) in [6.45, 7) is 23.6. The molecule has 0 spiro atoms. The van der Waals surface area contributed by atoms with Crippen LogP contribution < -0.4 is 0 Å². The van der Waals surface area contributed by atoms with Crippen LogP contribution in [0.3, 0.4) is 0 Å². The van der Waals surface area contributed by atoms with E-state index in [0.29, 0.717) is 43.1 Å². The van der Waals surface area contributed by atoms with E-state index < -0.39 is 5.41 Å². The summed E-state index contributed by atoms with van der Waals surface area (Å²) in [5.74, 6) is 1.72. The summed E-state index contributed by atoms with van der Waals surface area (Å²) in [5, 5.41) is 0. The largest absolute Gasteiger partial charge is 0.465 e. The molecule has 0 radical (unpaired) electrons. The molecule has 7 nitrogen and oxygen atoms in total. The van der Waals surface area contributed by atoms with Crippen LogP contribution >= 0.6 is 0 Å². The third-order valence-corrected chi connectivity index (χ3v) is 17.7. The molecule has 58 heavy (non-hydrogen) atoms. The Morgan fingerprint density at radius 3 is 2.31 bits per heavy atom. The number of methoxy groups -OCH3 is 1. The Morgan fingerprint density at radius 1 is 0.845 bits per heavy atom. The van der Waals surface area contributed by atoms with E-state index in [1.807, 2.05) is 30.3 Å².